The van der Waals surface area contributed by atoms with Crippen molar-refractivity contribution in [3.05, 3.63) is 0 Å². The molecule has 1 fully saturated rings. The maximum absolute atomic E-state index is 12.1. The van der Waals surface area contributed by atoms with Gasteiger partial charge in [-0.25, -0.2) is 0 Å². The summed E-state index contributed by atoms with van der Waals surface area (Å²) < 4.78 is 0. The second kappa shape index (κ2) is 5.67. The van der Waals surface area contributed by atoms with Crippen LogP contribution in [0, 0.1) is 11.8 Å². The van der Waals surface area contributed by atoms with Gasteiger partial charge in [-0.3, -0.25) is 4.79 Å². The zero-order valence-electron chi connectivity index (χ0n) is 11.1. The highest BCUT2D eigenvalue weighted by Crippen LogP contribution is 2.23. The van der Waals surface area contributed by atoms with Crippen molar-refractivity contribution in [3.8, 4) is 0 Å². The number of amides is 1. The first-order valence-corrected chi connectivity index (χ1v) is 6.46. The van der Waals surface area contributed by atoms with Gasteiger partial charge in [0.15, 0.2) is 0 Å². The minimum Gasteiger partial charge on any atom is -0.340 e. The van der Waals surface area contributed by atoms with E-state index >= 15 is 0 Å². The standard InChI is InChI=1S/C13H26N2O/c1-9(2)12(14)8-13(16)15-6-5-10(3)7-11(15)4/h9-12H,5-8,14H2,1-4H3. The van der Waals surface area contributed by atoms with Crippen LogP contribution in [0.25, 0.3) is 0 Å². The largest absolute Gasteiger partial charge is 0.340 e. The third-order valence-corrected chi connectivity index (χ3v) is 3.73. The average Bonchev–Trinajstić information content (AvgIpc) is 2.16. The van der Waals surface area contributed by atoms with Crippen molar-refractivity contribution >= 4 is 5.91 Å². The zero-order valence-corrected chi connectivity index (χ0v) is 11.1. The fraction of sp³-hybridized carbons (Fsp3) is 0.923. The first kappa shape index (κ1) is 13.5. The molecule has 1 aliphatic rings. The van der Waals surface area contributed by atoms with E-state index in [-0.39, 0.29) is 11.9 Å². The first-order chi connectivity index (χ1) is 7.41. The predicted octanol–water partition coefficient (Wildman–Crippen LogP) is 2.01. The quantitative estimate of drug-likeness (QED) is 0.800. The van der Waals surface area contributed by atoms with Crippen LogP contribution in [-0.4, -0.2) is 29.4 Å². The molecule has 0 bridgehead atoms. The Morgan fingerprint density at radius 1 is 1.44 bits per heavy atom. The molecule has 94 valence electrons. The molecule has 0 spiro atoms. The number of carbonyl (C=O) groups is 1. The van der Waals surface area contributed by atoms with Crippen molar-refractivity contribution in [1.29, 1.82) is 0 Å². The summed E-state index contributed by atoms with van der Waals surface area (Å²) in [6.45, 7) is 9.46. The Labute approximate surface area is 99.4 Å². The van der Waals surface area contributed by atoms with E-state index in [1.165, 1.54) is 0 Å². The Kier molecular flexibility index (Phi) is 4.78. The van der Waals surface area contributed by atoms with Crippen molar-refractivity contribution in [1.82, 2.24) is 4.90 Å². The number of nitrogens with zero attached hydrogens (tertiary/aromatic N) is 1. The lowest BCUT2D eigenvalue weighted by Gasteiger charge is -2.37. The van der Waals surface area contributed by atoms with Crippen molar-refractivity contribution in [2.45, 2.75) is 59.0 Å². The predicted molar refractivity (Wildman–Crippen MR) is 67.0 cm³/mol. The second-order valence-corrected chi connectivity index (χ2v) is 5.68. The zero-order chi connectivity index (χ0) is 12.3. The van der Waals surface area contributed by atoms with Crippen molar-refractivity contribution in [3.63, 3.8) is 0 Å². The molecule has 0 aromatic heterocycles. The molecule has 16 heavy (non-hydrogen) atoms. The number of hydrogen-bond acceptors (Lipinski definition) is 2. The van der Waals surface area contributed by atoms with Gasteiger partial charge >= 0.3 is 0 Å². The Hall–Kier alpha value is -0.570. The average molecular weight is 226 g/mol. The summed E-state index contributed by atoms with van der Waals surface area (Å²) in [5.41, 5.74) is 5.95. The lowest BCUT2D eigenvalue weighted by Crippen LogP contribution is -2.46. The Morgan fingerprint density at radius 2 is 2.06 bits per heavy atom. The molecule has 3 heteroatoms. The van der Waals surface area contributed by atoms with Gasteiger partial charge in [-0.2, -0.15) is 0 Å². The number of likely N-dealkylation sites (tertiary alicyclic amines) is 1. The van der Waals surface area contributed by atoms with Crippen molar-refractivity contribution < 1.29 is 4.79 Å². The highest BCUT2D eigenvalue weighted by Gasteiger charge is 2.27. The molecule has 0 radical (unpaired) electrons. The minimum atomic E-state index is -0.000880. The smallest absolute Gasteiger partial charge is 0.224 e. The number of hydrogen-bond donors (Lipinski definition) is 1. The molecule has 1 aliphatic heterocycles. The van der Waals surface area contributed by atoms with Crippen LogP contribution in [0.5, 0.6) is 0 Å². The summed E-state index contributed by atoms with van der Waals surface area (Å²) in [6.07, 6.45) is 2.76. The van der Waals surface area contributed by atoms with Crippen LogP contribution in [0.4, 0.5) is 0 Å². The van der Waals surface area contributed by atoms with Gasteiger partial charge in [0.25, 0.3) is 0 Å². The van der Waals surface area contributed by atoms with Gasteiger partial charge in [0, 0.05) is 25.0 Å². The van der Waals surface area contributed by atoms with Crippen LogP contribution in [0.1, 0.15) is 47.0 Å². The summed E-state index contributed by atoms with van der Waals surface area (Å²) >= 11 is 0. The molecule has 3 unspecified atom stereocenters. The van der Waals surface area contributed by atoms with Gasteiger partial charge in [-0.15, -0.1) is 0 Å². The maximum atomic E-state index is 12.1. The van der Waals surface area contributed by atoms with E-state index < -0.39 is 0 Å². The van der Waals surface area contributed by atoms with E-state index in [9.17, 15) is 4.79 Å². The molecule has 3 atom stereocenters. The normalized spacial score (nSPS) is 28.2. The molecular weight excluding hydrogens is 200 g/mol. The van der Waals surface area contributed by atoms with Crippen LogP contribution < -0.4 is 5.73 Å². The lowest BCUT2D eigenvalue weighted by molar-refractivity contribution is -0.135. The SMILES string of the molecule is CC1CCN(C(=O)CC(N)C(C)C)C(C)C1. The van der Waals surface area contributed by atoms with Gasteiger partial charge in [0.1, 0.15) is 0 Å². The van der Waals surface area contributed by atoms with Gasteiger partial charge < -0.3 is 10.6 Å². The van der Waals surface area contributed by atoms with Gasteiger partial charge in [-0.1, -0.05) is 20.8 Å². The fourth-order valence-electron chi connectivity index (χ4n) is 2.33. The van der Waals surface area contributed by atoms with Crippen molar-refractivity contribution in [2.75, 3.05) is 6.54 Å². The molecule has 2 N–H and O–H groups in total. The summed E-state index contributed by atoms with van der Waals surface area (Å²) in [5.74, 6) is 1.36. The molecule has 3 nitrogen and oxygen atoms in total. The topological polar surface area (TPSA) is 46.3 Å². The van der Waals surface area contributed by atoms with E-state index in [2.05, 4.69) is 27.7 Å². The van der Waals surface area contributed by atoms with Gasteiger partial charge in [0.05, 0.1) is 0 Å². The summed E-state index contributed by atoms with van der Waals surface area (Å²) in [5, 5.41) is 0. The van der Waals surface area contributed by atoms with Crippen LogP contribution in [0.2, 0.25) is 0 Å². The van der Waals surface area contributed by atoms with Crippen LogP contribution >= 0.6 is 0 Å². The van der Waals surface area contributed by atoms with Crippen LogP contribution in [-0.2, 0) is 4.79 Å². The number of carbonyl (C=O) groups excluding carboxylic acids is 1. The first-order valence-electron chi connectivity index (χ1n) is 6.46. The summed E-state index contributed by atoms with van der Waals surface area (Å²) in [6, 6.07) is 0.384. The summed E-state index contributed by atoms with van der Waals surface area (Å²) in [7, 11) is 0. The van der Waals surface area contributed by atoms with Crippen molar-refractivity contribution in [2.24, 2.45) is 17.6 Å². The minimum absolute atomic E-state index is 0.000880. The van der Waals surface area contributed by atoms with E-state index in [1.807, 2.05) is 4.90 Å². The molecule has 1 saturated heterocycles. The maximum Gasteiger partial charge on any atom is 0.224 e. The third-order valence-electron chi connectivity index (χ3n) is 3.73. The van der Waals surface area contributed by atoms with Gasteiger partial charge in [-0.05, 0) is 31.6 Å². The Balaban J connectivity index is 2.48. The number of rotatable bonds is 3. The number of nitrogens with two attached hydrogens (primary N) is 1. The van der Waals surface area contributed by atoms with E-state index in [0.29, 0.717) is 18.4 Å². The van der Waals surface area contributed by atoms with E-state index in [0.717, 1.165) is 25.3 Å². The summed E-state index contributed by atoms with van der Waals surface area (Å²) in [4.78, 5) is 14.1. The third kappa shape index (κ3) is 3.48. The highest BCUT2D eigenvalue weighted by molar-refractivity contribution is 5.77. The van der Waals surface area contributed by atoms with Gasteiger partial charge in [0.2, 0.25) is 5.91 Å². The highest BCUT2D eigenvalue weighted by atomic mass is 16.2. The second-order valence-electron chi connectivity index (χ2n) is 5.68. The molecule has 0 aromatic rings. The Morgan fingerprint density at radius 3 is 2.56 bits per heavy atom. The monoisotopic (exact) mass is 226 g/mol. The van der Waals surface area contributed by atoms with Crippen LogP contribution in [0.3, 0.4) is 0 Å². The molecule has 1 rings (SSSR count). The van der Waals surface area contributed by atoms with E-state index in [4.69, 9.17) is 5.73 Å². The molecular formula is C13H26N2O. The van der Waals surface area contributed by atoms with E-state index in [1.54, 1.807) is 0 Å². The molecule has 0 aliphatic carbocycles. The number of piperidine rings is 1. The Bertz CT molecular complexity index is 240. The fourth-order valence-corrected chi connectivity index (χ4v) is 2.33. The van der Waals surface area contributed by atoms with Crippen LogP contribution in [0.15, 0.2) is 0 Å². The molecule has 1 amide bonds. The lowest BCUT2D eigenvalue weighted by atomic mass is 9.92. The molecule has 1 heterocycles. The molecule has 0 saturated carbocycles. The molecule has 0 aromatic carbocycles.